The lowest BCUT2D eigenvalue weighted by Gasteiger charge is -2.17. The number of hydrogen-bond acceptors (Lipinski definition) is 2. The molecule has 2 bridgehead atoms. The van der Waals surface area contributed by atoms with E-state index in [9.17, 15) is 0 Å². The molecule has 0 aromatic rings. The minimum Gasteiger partial charge on any atom is -0.305 e. The van der Waals surface area contributed by atoms with Crippen molar-refractivity contribution in [3.8, 4) is 0 Å². The van der Waals surface area contributed by atoms with Gasteiger partial charge in [-0.1, -0.05) is 12.2 Å². The van der Waals surface area contributed by atoms with Crippen LogP contribution in [0.5, 0.6) is 0 Å². The van der Waals surface area contributed by atoms with Gasteiger partial charge >= 0.3 is 0 Å². The van der Waals surface area contributed by atoms with Gasteiger partial charge < -0.3 is 4.84 Å². The Hall–Kier alpha value is -0.340. The first kappa shape index (κ1) is 7.32. The van der Waals surface area contributed by atoms with Crippen LogP contribution in [0.3, 0.4) is 0 Å². The summed E-state index contributed by atoms with van der Waals surface area (Å²) in [5.74, 6) is 2.54. The normalized spacial score (nSPS) is 40.3. The molecule has 3 atom stereocenters. The Balaban J connectivity index is 1.84. The zero-order chi connectivity index (χ0) is 7.68. The van der Waals surface area contributed by atoms with Gasteiger partial charge in [-0.05, 0) is 30.6 Å². The maximum atomic E-state index is 4.84. The van der Waals surface area contributed by atoms with Gasteiger partial charge in [-0.2, -0.15) is 0 Å². The summed E-state index contributed by atoms with van der Waals surface area (Å²) in [6.07, 6.45) is 7.48. The standard InChI is InChI=1S/C9H15NO/c1-11-10-6-9-5-7-2-3-8(9)4-7/h2-3,7-10H,4-6H2,1H3. The highest BCUT2D eigenvalue weighted by Gasteiger charge is 2.34. The monoisotopic (exact) mass is 153 g/mol. The number of allylic oxidation sites excluding steroid dienone is 2. The van der Waals surface area contributed by atoms with Crippen LogP contribution in [0.4, 0.5) is 0 Å². The van der Waals surface area contributed by atoms with Crippen LogP contribution in [0.2, 0.25) is 0 Å². The van der Waals surface area contributed by atoms with E-state index in [-0.39, 0.29) is 0 Å². The second-order valence-corrected chi connectivity index (χ2v) is 3.59. The van der Waals surface area contributed by atoms with Crippen LogP contribution in [-0.2, 0) is 4.84 Å². The van der Waals surface area contributed by atoms with Gasteiger partial charge in [0.1, 0.15) is 0 Å². The summed E-state index contributed by atoms with van der Waals surface area (Å²) in [5, 5.41) is 0. The van der Waals surface area contributed by atoms with Crippen LogP contribution < -0.4 is 5.48 Å². The largest absolute Gasteiger partial charge is 0.305 e. The number of rotatable bonds is 3. The van der Waals surface area contributed by atoms with Crippen LogP contribution in [0.1, 0.15) is 12.8 Å². The lowest BCUT2D eigenvalue weighted by atomic mass is 9.94. The van der Waals surface area contributed by atoms with Crippen molar-refractivity contribution in [2.75, 3.05) is 13.7 Å². The molecule has 0 aliphatic heterocycles. The maximum absolute atomic E-state index is 4.84. The van der Waals surface area contributed by atoms with Crippen molar-refractivity contribution in [2.45, 2.75) is 12.8 Å². The van der Waals surface area contributed by atoms with Crippen LogP contribution >= 0.6 is 0 Å². The fourth-order valence-corrected chi connectivity index (χ4v) is 2.32. The summed E-state index contributed by atoms with van der Waals surface area (Å²) in [6.45, 7) is 1.02. The fraction of sp³-hybridized carbons (Fsp3) is 0.778. The molecule has 11 heavy (non-hydrogen) atoms. The summed E-state index contributed by atoms with van der Waals surface area (Å²) in [6, 6.07) is 0. The van der Waals surface area contributed by atoms with Crippen molar-refractivity contribution in [1.29, 1.82) is 0 Å². The third-order valence-electron chi connectivity index (χ3n) is 2.91. The maximum Gasteiger partial charge on any atom is 0.0572 e. The number of hydrogen-bond donors (Lipinski definition) is 1. The molecule has 0 aromatic heterocycles. The molecule has 2 rings (SSSR count). The van der Waals surface area contributed by atoms with E-state index in [2.05, 4.69) is 17.6 Å². The zero-order valence-electron chi connectivity index (χ0n) is 6.92. The smallest absolute Gasteiger partial charge is 0.0572 e. The molecule has 0 radical (unpaired) electrons. The van der Waals surface area contributed by atoms with Gasteiger partial charge in [-0.3, -0.25) is 0 Å². The second-order valence-electron chi connectivity index (χ2n) is 3.59. The SMILES string of the molecule is CONCC1CC2C=CC1C2. The summed E-state index contributed by atoms with van der Waals surface area (Å²) in [7, 11) is 1.68. The average Bonchev–Trinajstić information content (AvgIpc) is 2.60. The molecule has 2 aliphatic rings. The molecule has 1 saturated carbocycles. The van der Waals surface area contributed by atoms with Gasteiger partial charge in [-0.15, -0.1) is 0 Å². The first-order valence-electron chi connectivity index (χ1n) is 4.34. The molecule has 62 valence electrons. The van der Waals surface area contributed by atoms with Crippen LogP contribution in [0.25, 0.3) is 0 Å². The van der Waals surface area contributed by atoms with E-state index in [1.54, 1.807) is 7.11 Å². The molecule has 0 amide bonds. The summed E-state index contributed by atoms with van der Waals surface area (Å²) in [5.41, 5.74) is 2.94. The van der Waals surface area contributed by atoms with E-state index in [1.165, 1.54) is 12.8 Å². The molecule has 1 N–H and O–H groups in total. The van der Waals surface area contributed by atoms with E-state index in [0.717, 1.165) is 24.3 Å². The van der Waals surface area contributed by atoms with Gasteiger partial charge in [0.15, 0.2) is 0 Å². The Morgan fingerprint density at radius 3 is 2.91 bits per heavy atom. The lowest BCUT2D eigenvalue weighted by molar-refractivity contribution is 0.0765. The number of hydroxylamine groups is 1. The van der Waals surface area contributed by atoms with E-state index in [4.69, 9.17) is 4.84 Å². The fourth-order valence-electron chi connectivity index (χ4n) is 2.32. The minimum atomic E-state index is 0.824. The predicted molar refractivity (Wildman–Crippen MR) is 43.9 cm³/mol. The van der Waals surface area contributed by atoms with Crippen molar-refractivity contribution >= 4 is 0 Å². The Kier molecular flexibility index (Phi) is 1.96. The van der Waals surface area contributed by atoms with Crippen molar-refractivity contribution in [2.24, 2.45) is 17.8 Å². The highest BCUT2D eigenvalue weighted by Crippen LogP contribution is 2.42. The molecule has 0 aromatic carbocycles. The Morgan fingerprint density at radius 1 is 1.45 bits per heavy atom. The molecular weight excluding hydrogens is 138 g/mol. The molecule has 0 heterocycles. The summed E-state index contributed by atoms with van der Waals surface area (Å²) in [4.78, 5) is 4.84. The molecule has 2 nitrogen and oxygen atoms in total. The van der Waals surface area contributed by atoms with Crippen LogP contribution in [-0.4, -0.2) is 13.7 Å². The van der Waals surface area contributed by atoms with Crippen LogP contribution in [0, 0.1) is 17.8 Å². The van der Waals surface area contributed by atoms with Gasteiger partial charge in [0, 0.05) is 6.54 Å². The van der Waals surface area contributed by atoms with Gasteiger partial charge in [0.2, 0.25) is 0 Å². The highest BCUT2D eigenvalue weighted by molar-refractivity contribution is 5.10. The number of fused-ring (bicyclic) bond motifs is 2. The quantitative estimate of drug-likeness (QED) is 0.488. The first-order chi connectivity index (χ1) is 5.40. The molecule has 0 saturated heterocycles. The van der Waals surface area contributed by atoms with Crippen molar-refractivity contribution < 1.29 is 4.84 Å². The Morgan fingerprint density at radius 2 is 2.36 bits per heavy atom. The van der Waals surface area contributed by atoms with E-state index in [0.29, 0.717) is 0 Å². The predicted octanol–water partition coefficient (Wildman–Crippen LogP) is 1.35. The summed E-state index contributed by atoms with van der Waals surface area (Å²) < 4.78 is 0. The number of nitrogens with one attached hydrogen (secondary N) is 1. The average molecular weight is 153 g/mol. The molecule has 2 heteroatoms. The molecule has 1 fully saturated rings. The second kappa shape index (κ2) is 2.95. The third-order valence-corrected chi connectivity index (χ3v) is 2.91. The van der Waals surface area contributed by atoms with E-state index >= 15 is 0 Å². The van der Waals surface area contributed by atoms with E-state index in [1.807, 2.05) is 0 Å². The Bertz CT molecular complexity index is 167. The molecular formula is C9H15NO. The highest BCUT2D eigenvalue weighted by atomic mass is 16.6. The first-order valence-corrected chi connectivity index (χ1v) is 4.34. The zero-order valence-corrected chi connectivity index (χ0v) is 6.92. The lowest BCUT2D eigenvalue weighted by Crippen LogP contribution is -2.24. The van der Waals surface area contributed by atoms with Crippen LogP contribution in [0.15, 0.2) is 12.2 Å². The van der Waals surface area contributed by atoms with Crippen molar-refractivity contribution in [1.82, 2.24) is 5.48 Å². The minimum absolute atomic E-state index is 0.824. The van der Waals surface area contributed by atoms with Crippen molar-refractivity contribution in [3.05, 3.63) is 12.2 Å². The van der Waals surface area contributed by atoms with E-state index < -0.39 is 0 Å². The van der Waals surface area contributed by atoms with Gasteiger partial charge in [0.05, 0.1) is 7.11 Å². The van der Waals surface area contributed by atoms with Crippen molar-refractivity contribution in [3.63, 3.8) is 0 Å². The van der Waals surface area contributed by atoms with Gasteiger partial charge in [0.25, 0.3) is 0 Å². The van der Waals surface area contributed by atoms with Gasteiger partial charge in [-0.25, -0.2) is 5.48 Å². The molecule has 0 spiro atoms. The third kappa shape index (κ3) is 1.33. The molecule has 3 unspecified atom stereocenters. The Labute approximate surface area is 67.6 Å². The molecule has 2 aliphatic carbocycles. The topological polar surface area (TPSA) is 21.3 Å². The summed E-state index contributed by atoms with van der Waals surface area (Å²) >= 11 is 0.